The van der Waals surface area contributed by atoms with Crippen LogP contribution in [0.3, 0.4) is 0 Å². The smallest absolute Gasteiger partial charge is 0.316 e. The highest BCUT2D eigenvalue weighted by Gasteiger charge is 2.29. The number of hydrogen-bond acceptors (Lipinski definition) is 3. The number of anilines is 1. The van der Waals surface area contributed by atoms with Crippen LogP contribution in [0.4, 0.5) is 5.69 Å². The van der Waals surface area contributed by atoms with Crippen molar-refractivity contribution in [3.8, 4) is 5.75 Å². The van der Waals surface area contributed by atoms with E-state index >= 15 is 0 Å². The van der Waals surface area contributed by atoms with Gasteiger partial charge in [0.2, 0.25) is 5.91 Å². The number of benzene rings is 1. The number of amides is 1. The van der Waals surface area contributed by atoms with Crippen molar-refractivity contribution in [3.63, 3.8) is 0 Å². The molecule has 0 aliphatic carbocycles. The Labute approximate surface area is 112 Å². The van der Waals surface area contributed by atoms with Gasteiger partial charge in [-0.15, -0.1) is 0 Å². The molecule has 0 radical (unpaired) electrons. The minimum atomic E-state index is -1.12. The minimum absolute atomic E-state index is 0.281. The lowest BCUT2D eigenvalue weighted by Crippen LogP contribution is -2.33. The summed E-state index contributed by atoms with van der Waals surface area (Å²) in [7, 11) is 0. The molecule has 0 aliphatic heterocycles. The first-order chi connectivity index (χ1) is 8.97. The summed E-state index contributed by atoms with van der Waals surface area (Å²) in [5.41, 5.74) is 0.487. The van der Waals surface area contributed by atoms with Gasteiger partial charge in [-0.05, 0) is 25.0 Å². The number of carbonyl (C=O) groups excluding carboxylic acids is 1. The molecule has 1 rings (SSSR count). The molecule has 1 unspecified atom stereocenters. The Morgan fingerprint density at radius 3 is 2.47 bits per heavy atom. The van der Waals surface area contributed by atoms with Crippen molar-refractivity contribution < 1.29 is 19.4 Å². The number of carbonyl (C=O) groups is 2. The molecule has 1 amide bonds. The average molecular weight is 265 g/mol. The molecule has 1 aromatic carbocycles. The van der Waals surface area contributed by atoms with Gasteiger partial charge in [0.15, 0.2) is 0 Å². The molecule has 0 spiro atoms. The molecule has 0 saturated heterocycles. The summed E-state index contributed by atoms with van der Waals surface area (Å²) in [6.07, 6.45) is 0. The highest BCUT2D eigenvalue weighted by molar-refractivity contribution is 6.05. The third kappa shape index (κ3) is 3.98. The van der Waals surface area contributed by atoms with E-state index in [1.54, 1.807) is 38.1 Å². The summed E-state index contributed by atoms with van der Waals surface area (Å²) in [5, 5.41) is 11.7. The van der Waals surface area contributed by atoms with Crippen LogP contribution >= 0.6 is 0 Å². The summed E-state index contributed by atoms with van der Waals surface area (Å²) < 4.78 is 5.38. The number of carboxylic acids is 1. The topological polar surface area (TPSA) is 75.6 Å². The summed E-state index contributed by atoms with van der Waals surface area (Å²) in [4.78, 5) is 23.1. The zero-order chi connectivity index (χ0) is 14.4. The van der Waals surface area contributed by atoms with Crippen molar-refractivity contribution >= 4 is 17.6 Å². The number of hydrogen-bond donors (Lipinski definition) is 2. The Bertz CT molecular complexity index is 457. The van der Waals surface area contributed by atoms with Gasteiger partial charge in [0.05, 0.1) is 12.3 Å². The number of ether oxygens (including phenoxy) is 1. The van der Waals surface area contributed by atoms with Crippen molar-refractivity contribution in [2.45, 2.75) is 20.8 Å². The molecule has 2 N–H and O–H groups in total. The van der Waals surface area contributed by atoms with Gasteiger partial charge in [-0.2, -0.15) is 0 Å². The zero-order valence-electron chi connectivity index (χ0n) is 11.3. The normalized spacial score (nSPS) is 12.0. The van der Waals surface area contributed by atoms with Crippen LogP contribution in [0, 0.1) is 11.8 Å². The van der Waals surface area contributed by atoms with Crippen molar-refractivity contribution in [1.82, 2.24) is 0 Å². The molecule has 0 aliphatic rings. The van der Waals surface area contributed by atoms with Gasteiger partial charge in [-0.1, -0.05) is 26.0 Å². The highest BCUT2D eigenvalue weighted by Crippen LogP contribution is 2.25. The van der Waals surface area contributed by atoms with Crippen LogP contribution in [-0.4, -0.2) is 23.6 Å². The molecule has 0 fully saturated rings. The van der Waals surface area contributed by atoms with E-state index in [2.05, 4.69) is 5.32 Å². The second-order valence-corrected chi connectivity index (χ2v) is 4.48. The lowest BCUT2D eigenvalue weighted by molar-refractivity contribution is -0.147. The van der Waals surface area contributed by atoms with Crippen LogP contribution in [-0.2, 0) is 9.59 Å². The Hall–Kier alpha value is -2.04. The molecule has 0 heterocycles. The number of carboxylic acid groups (broad SMARTS) is 1. The molecule has 1 atom stereocenters. The number of rotatable bonds is 6. The summed E-state index contributed by atoms with van der Waals surface area (Å²) in [5.74, 6) is -2.48. The van der Waals surface area contributed by atoms with Gasteiger partial charge in [-0.3, -0.25) is 9.59 Å². The molecule has 0 bridgehead atoms. The lowest BCUT2D eigenvalue weighted by atomic mass is 9.95. The second kappa shape index (κ2) is 6.78. The molecule has 5 nitrogen and oxygen atoms in total. The lowest BCUT2D eigenvalue weighted by Gasteiger charge is -2.17. The third-order valence-electron chi connectivity index (χ3n) is 2.66. The van der Waals surface area contributed by atoms with E-state index in [0.717, 1.165) is 0 Å². The SMILES string of the molecule is CCOc1ccccc1NC(=O)C(C(=O)O)C(C)C. The number of para-hydroxylation sites is 2. The number of nitrogens with one attached hydrogen (secondary N) is 1. The maximum absolute atomic E-state index is 12.0. The third-order valence-corrected chi connectivity index (χ3v) is 2.66. The van der Waals surface area contributed by atoms with Crippen LogP contribution in [0.15, 0.2) is 24.3 Å². The Kier molecular flexibility index (Phi) is 5.36. The van der Waals surface area contributed by atoms with Crippen molar-refractivity contribution in [2.24, 2.45) is 11.8 Å². The molecule has 5 heteroatoms. The molecule has 104 valence electrons. The van der Waals surface area contributed by atoms with Crippen molar-refractivity contribution in [3.05, 3.63) is 24.3 Å². The van der Waals surface area contributed by atoms with E-state index in [1.807, 2.05) is 6.92 Å². The second-order valence-electron chi connectivity index (χ2n) is 4.48. The van der Waals surface area contributed by atoms with Crippen LogP contribution in [0.2, 0.25) is 0 Å². The van der Waals surface area contributed by atoms with Crippen LogP contribution in [0.1, 0.15) is 20.8 Å². The Morgan fingerprint density at radius 2 is 1.95 bits per heavy atom. The predicted molar refractivity (Wildman–Crippen MR) is 72.2 cm³/mol. The monoisotopic (exact) mass is 265 g/mol. The molecule has 0 saturated carbocycles. The zero-order valence-corrected chi connectivity index (χ0v) is 11.3. The average Bonchev–Trinajstić information content (AvgIpc) is 2.30. The van der Waals surface area contributed by atoms with Crippen molar-refractivity contribution in [1.29, 1.82) is 0 Å². The summed E-state index contributed by atoms with van der Waals surface area (Å²) >= 11 is 0. The van der Waals surface area contributed by atoms with Crippen molar-refractivity contribution in [2.75, 3.05) is 11.9 Å². The van der Waals surface area contributed by atoms with Gasteiger partial charge in [0.1, 0.15) is 11.7 Å². The first kappa shape index (κ1) is 15.0. The first-order valence-corrected chi connectivity index (χ1v) is 6.22. The van der Waals surface area contributed by atoms with Gasteiger partial charge in [0.25, 0.3) is 0 Å². The minimum Gasteiger partial charge on any atom is -0.492 e. The van der Waals surface area contributed by atoms with E-state index in [1.165, 1.54) is 0 Å². The van der Waals surface area contributed by atoms with Gasteiger partial charge >= 0.3 is 5.97 Å². The summed E-state index contributed by atoms with van der Waals surface area (Å²) in [6.45, 7) is 5.71. The molecular formula is C14H19NO4. The predicted octanol–water partition coefficient (Wildman–Crippen LogP) is 2.38. The fourth-order valence-corrected chi connectivity index (χ4v) is 1.76. The van der Waals surface area contributed by atoms with Gasteiger partial charge < -0.3 is 15.2 Å². The fourth-order valence-electron chi connectivity index (χ4n) is 1.76. The molecule has 19 heavy (non-hydrogen) atoms. The molecular weight excluding hydrogens is 246 g/mol. The maximum Gasteiger partial charge on any atom is 0.316 e. The Morgan fingerprint density at radius 1 is 1.32 bits per heavy atom. The summed E-state index contributed by atoms with van der Waals surface area (Å²) in [6, 6.07) is 6.95. The Balaban J connectivity index is 2.89. The largest absolute Gasteiger partial charge is 0.492 e. The van der Waals surface area contributed by atoms with Crippen LogP contribution in [0.25, 0.3) is 0 Å². The molecule has 1 aromatic rings. The van der Waals surface area contributed by atoms with Crippen LogP contribution in [0.5, 0.6) is 5.75 Å². The number of aliphatic carboxylic acids is 1. The standard InChI is InChI=1S/C14H19NO4/c1-4-19-11-8-6-5-7-10(11)15-13(16)12(9(2)3)14(17)18/h5-9,12H,4H2,1-3H3,(H,15,16)(H,17,18). The van der Waals surface area contributed by atoms with E-state index in [4.69, 9.17) is 9.84 Å². The maximum atomic E-state index is 12.0. The highest BCUT2D eigenvalue weighted by atomic mass is 16.5. The van der Waals surface area contributed by atoms with Crippen LogP contribution < -0.4 is 10.1 Å². The first-order valence-electron chi connectivity index (χ1n) is 6.22. The van der Waals surface area contributed by atoms with E-state index in [9.17, 15) is 9.59 Å². The molecule has 0 aromatic heterocycles. The van der Waals surface area contributed by atoms with E-state index in [0.29, 0.717) is 18.0 Å². The fraction of sp³-hybridized carbons (Fsp3) is 0.429. The van der Waals surface area contributed by atoms with E-state index < -0.39 is 17.8 Å². The quantitative estimate of drug-likeness (QED) is 0.774. The van der Waals surface area contributed by atoms with E-state index in [-0.39, 0.29) is 5.92 Å². The van der Waals surface area contributed by atoms with Gasteiger partial charge in [-0.25, -0.2) is 0 Å². The van der Waals surface area contributed by atoms with Gasteiger partial charge in [0, 0.05) is 0 Å².